The third kappa shape index (κ3) is 1.63. The van der Waals surface area contributed by atoms with E-state index in [0.29, 0.717) is 11.3 Å². The van der Waals surface area contributed by atoms with Crippen molar-refractivity contribution in [3.05, 3.63) is 0 Å². The summed E-state index contributed by atoms with van der Waals surface area (Å²) in [4.78, 5) is 11.9. The van der Waals surface area contributed by atoms with Gasteiger partial charge in [0.2, 0.25) is 0 Å². The number of hydrogen-bond donors (Lipinski definition) is 1. The Hall–Kier alpha value is -0.570. The summed E-state index contributed by atoms with van der Waals surface area (Å²) in [6, 6.07) is 0. The quantitative estimate of drug-likeness (QED) is 0.686. The molecule has 0 bridgehead atoms. The number of hydrogen-bond acceptors (Lipinski definition) is 3. The zero-order valence-electron chi connectivity index (χ0n) is 12.5. The zero-order chi connectivity index (χ0) is 14.1. The van der Waals surface area contributed by atoms with Gasteiger partial charge >= 0.3 is 5.97 Å². The lowest BCUT2D eigenvalue weighted by Crippen LogP contribution is -2.58. The van der Waals surface area contributed by atoms with Gasteiger partial charge in [0.25, 0.3) is 0 Å². The molecule has 108 valence electrons. The molecule has 0 amide bonds. The Morgan fingerprint density at radius 2 is 1.84 bits per heavy atom. The molecule has 5 atom stereocenters. The number of carbonyl (C=O) groups is 1. The summed E-state index contributed by atoms with van der Waals surface area (Å²) in [6.45, 7) is 9.00. The van der Waals surface area contributed by atoms with E-state index in [2.05, 4.69) is 20.8 Å². The number of carbonyl (C=O) groups excluding carboxylic acids is 1. The molecule has 0 aromatic heterocycles. The number of aliphatic hydroxyl groups is 1. The first kappa shape index (κ1) is 13.4. The third-order valence-corrected chi connectivity index (χ3v) is 6.46. The molecule has 19 heavy (non-hydrogen) atoms. The van der Waals surface area contributed by atoms with E-state index >= 15 is 0 Å². The number of rotatable bonds is 0. The molecule has 3 fully saturated rings. The molecule has 1 heterocycles. The first-order chi connectivity index (χ1) is 8.71. The minimum absolute atomic E-state index is 0.0281. The third-order valence-electron chi connectivity index (χ3n) is 6.46. The van der Waals surface area contributed by atoms with Crippen LogP contribution in [0.4, 0.5) is 0 Å². The van der Waals surface area contributed by atoms with Crippen molar-refractivity contribution in [3.63, 3.8) is 0 Å². The van der Waals surface area contributed by atoms with Gasteiger partial charge in [0.15, 0.2) is 6.10 Å². The minimum atomic E-state index is -0.924. The van der Waals surface area contributed by atoms with Crippen LogP contribution in [-0.2, 0) is 9.53 Å². The molecule has 0 aromatic carbocycles. The van der Waals surface area contributed by atoms with Crippen molar-refractivity contribution in [3.8, 4) is 0 Å². The smallest absolute Gasteiger partial charge is 0.335 e. The summed E-state index contributed by atoms with van der Waals surface area (Å²) in [5, 5.41) is 10.4. The molecule has 2 saturated carbocycles. The van der Waals surface area contributed by atoms with Gasteiger partial charge in [-0.1, -0.05) is 27.2 Å². The van der Waals surface area contributed by atoms with Crippen molar-refractivity contribution in [2.45, 2.75) is 71.5 Å². The van der Waals surface area contributed by atoms with E-state index in [1.807, 2.05) is 6.92 Å². The van der Waals surface area contributed by atoms with Gasteiger partial charge in [0.1, 0.15) is 5.60 Å². The Kier molecular flexibility index (Phi) is 2.65. The molecular formula is C16H26O3. The highest BCUT2D eigenvalue weighted by Crippen LogP contribution is 2.64. The average Bonchev–Trinajstić information content (AvgIpc) is 2.49. The van der Waals surface area contributed by atoms with Gasteiger partial charge in [-0.05, 0) is 49.4 Å². The van der Waals surface area contributed by atoms with Gasteiger partial charge in [-0.15, -0.1) is 0 Å². The number of aliphatic hydroxyl groups excluding tert-OH is 1. The summed E-state index contributed by atoms with van der Waals surface area (Å²) in [5.74, 6) is 0.138. The Bertz CT molecular complexity index is 416. The van der Waals surface area contributed by atoms with E-state index < -0.39 is 17.7 Å². The second-order valence-electron chi connectivity index (χ2n) is 8.10. The van der Waals surface area contributed by atoms with Crippen LogP contribution >= 0.6 is 0 Å². The maximum Gasteiger partial charge on any atom is 0.335 e. The van der Waals surface area contributed by atoms with Crippen molar-refractivity contribution in [2.75, 3.05) is 0 Å². The molecule has 2 aliphatic carbocycles. The normalized spacial score (nSPS) is 52.3. The Morgan fingerprint density at radius 3 is 2.53 bits per heavy atom. The highest BCUT2D eigenvalue weighted by atomic mass is 16.6. The molecule has 0 spiro atoms. The fourth-order valence-electron chi connectivity index (χ4n) is 5.78. The molecule has 1 saturated heterocycles. The van der Waals surface area contributed by atoms with Crippen molar-refractivity contribution in [2.24, 2.45) is 22.7 Å². The summed E-state index contributed by atoms with van der Waals surface area (Å²) >= 11 is 0. The van der Waals surface area contributed by atoms with Crippen LogP contribution in [0.5, 0.6) is 0 Å². The summed E-state index contributed by atoms with van der Waals surface area (Å²) in [6.07, 6.45) is 4.62. The van der Waals surface area contributed by atoms with Gasteiger partial charge in [0, 0.05) is 5.92 Å². The van der Waals surface area contributed by atoms with Crippen molar-refractivity contribution >= 4 is 5.97 Å². The first-order valence-corrected chi connectivity index (χ1v) is 7.62. The zero-order valence-corrected chi connectivity index (χ0v) is 12.5. The molecule has 3 nitrogen and oxygen atoms in total. The van der Waals surface area contributed by atoms with Gasteiger partial charge < -0.3 is 9.84 Å². The molecular weight excluding hydrogens is 240 g/mol. The largest absolute Gasteiger partial charge is 0.457 e. The van der Waals surface area contributed by atoms with Crippen molar-refractivity contribution in [1.29, 1.82) is 0 Å². The van der Waals surface area contributed by atoms with E-state index in [0.717, 1.165) is 19.3 Å². The SMILES string of the molecule is CC1(C)CCC[C@]2(C)[C@H]3[C@@H](O)C(=O)O[C@]3(C)CC[C@@H]12. The van der Waals surface area contributed by atoms with Crippen LogP contribution in [0.1, 0.15) is 59.8 Å². The predicted molar refractivity (Wildman–Crippen MR) is 72.5 cm³/mol. The molecule has 0 aromatic rings. The van der Waals surface area contributed by atoms with Crippen molar-refractivity contribution < 1.29 is 14.6 Å². The second-order valence-corrected chi connectivity index (χ2v) is 8.10. The lowest BCUT2D eigenvalue weighted by atomic mass is 9.45. The molecule has 0 unspecified atom stereocenters. The Labute approximate surface area is 115 Å². The number of esters is 1. The Balaban J connectivity index is 2.05. The first-order valence-electron chi connectivity index (χ1n) is 7.62. The summed E-state index contributed by atoms with van der Waals surface area (Å²) in [5.41, 5.74) is -0.116. The second kappa shape index (κ2) is 3.75. The van der Waals surface area contributed by atoms with Crippen molar-refractivity contribution in [1.82, 2.24) is 0 Å². The standard InChI is InChI=1S/C16H26O3/c1-14(2)7-5-8-15(3)10(14)6-9-16(4)12(15)11(17)13(18)19-16/h10-12,17H,5-9H2,1-4H3/t10-,11+,12+,15-,16+/m0/s1. The Morgan fingerprint density at radius 1 is 1.16 bits per heavy atom. The molecule has 3 heteroatoms. The van der Waals surface area contributed by atoms with Gasteiger partial charge in [0.05, 0.1) is 0 Å². The van der Waals surface area contributed by atoms with E-state index in [4.69, 9.17) is 4.74 Å². The van der Waals surface area contributed by atoms with Crippen LogP contribution in [0.25, 0.3) is 0 Å². The van der Waals surface area contributed by atoms with Crippen LogP contribution < -0.4 is 0 Å². The lowest BCUT2D eigenvalue weighted by Gasteiger charge is -2.59. The highest BCUT2D eigenvalue weighted by Gasteiger charge is 2.66. The average molecular weight is 266 g/mol. The molecule has 1 N–H and O–H groups in total. The van der Waals surface area contributed by atoms with Crippen LogP contribution in [0.2, 0.25) is 0 Å². The van der Waals surface area contributed by atoms with E-state index in [9.17, 15) is 9.90 Å². The summed E-state index contributed by atoms with van der Waals surface area (Å²) in [7, 11) is 0. The van der Waals surface area contributed by atoms with Crippen LogP contribution in [-0.4, -0.2) is 22.8 Å². The maximum absolute atomic E-state index is 11.9. The molecule has 3 aliphatic rings. The molecule has 0 radical (unpaired) electrons. The monoisotopic (exact) mass is 266 g/mol. The predicted octanol–water partition coefficient (Wildman–Crippen LogP) is 2.91. The number of fused-ring (bicyclic) bond motifs is 3. The molecule has 1 aliphatic heterocycles. The fourth-order valence-corrected chi connectivity index (χ4v) is 5.78. The van der Waals surface area contributed by atoms with Gasteiger partial charge in [-0.3, -0.25) is 0 Å². The van der Waals surface area contributed by atoms with Crippen LogP contribution in [0.15, 0.2) is 0 Å². The van der Waals surface area contributed by atoms with E-state index in [-0.39, 0.29) is 11.3 Å². The minimum Gasteiger partial charge on any atom is -0.457 e. The van der Waals surface area contributed by atoms with Crippen LogP contribution in [0.3, 0.4) is 0 Å². The van der Waals surface area contributed by atoms with Crippen LogP contribution in [0, 0.1) is 22.7 Å². The topological polar surface area (TPSA) is 46.5 Å². The van der Waals surface area contributed by atoms with Gasteiger partial charge in [-0.25, -0.2) is 4.79 Å². The lowest BCUT2D eigenvalue weighted by molar-refractivity contribution is -0.165. The van der Waals surface area contributed by atoms with E-state index in [1.54, 1.807) is 0 Å². The highest BCUT2D eigenvalue weighted by molar-refractivity contribution is 5.78. The summed E-state index contributed by atoms with van der Waals surface area (Å²) < 4.78 is 5.56. The number of ether oxygens (including phenoxy) is 1. The van der Waals surface area contributed by atoms with Gasteiger partial charge in [-0.2, -0.15) is 0 Å². The van der Waals surface area contributed by atoms with E-state index in [1.165, 1.54) is 12.8 Å². The maximum atomic E-state index is 11.9. The fraction of sp³-hybridized carbons (Fsp3) is 0.938. The molecule has 3 rings (SSSR count).